The van der Waals surface area contributed by atoms with Crippen LogP contribution in [0.1, 0.15) is 11.1 Å². The molecule has 0 radical (unpaired) electrons. The second-order valence-electron chi connectivity index (χ2n) is 7.82. The molecule has 0 aliphatic carbocycles. The lowest BCUT2D eigenvalue weighted by atomic mass is 10.2. The molecular weight excluding hydrogens is 454 g/mol. The van der Waals surface area contributed by atoms with Crippen LogP contribution in [-0.4, -0.2) is 70.7 Å². The van der Waals surface area contributed by atoms with Gasteiger partial charge >= 0.3 is 0 Å². The van der Waals surface area contributed by atoms with Gasteiger partial charge in [-0.05, 0) is 47.5 Å². The Hall–Kier alpha value is -4.38. The Balaban J connectivity index is 1.35. The van der Waals surface area contributed by atoms with Crippen molar-refractivity contribution in [3.05, 3.63) is 92.0 Å². The van der Waals surface area contributed by atoms with E-state index in [1.807, 2.05) is 0 Å². The van der Waals surface area contributed by atoms with E-state index in [1.165, 1.54) is 36.4 Å². The molecule has 182 valence electrons. The molecule has 0 unspecified atom stereocenters. The fourth-order valence-electron chi connectivity index (χ4n) is 3.45. The molecule has 1 saturated heterocycles. The van der Waals surface area contributed by atoms with Gasteiger partial charge in [0.25, 0.3) is 11.4 Å². The Labute approximate surface area is 201 Å². The average molecular weight is 479 g/mol. The number of nitro groups is 2. The number of nitrogens with zero attached hydrogens (tertiary/aromatic N) is 4. The van der Waals surface area contributed by atoms with Gasteiger partial charge in [0.05, 0.1) is 9.85 Å². The number of carbonyl (C=O) groups excluding carboxylic acids is 2. The molecule has 11 heteroatoms. The van der Waals surface area contributed by atoms with Gasteiger partial charge in [0, 0.05) is 75.7 Å². The molecule has 0 atom stereocenters. The number of rotatable bonds is 9. The highest BCUT2D eigenvalue weighted by molar-refractivity contribution is 5.92. The van der Waals surface area contributed by atoms with Crippen molar-refractivity contribution in [2.75, 3.05) is 39.3 Å². The van der Waals surface area contributed by atoms with Crippen LogP contribution in [0.3, 0.4) is 0 Å². The third-order valence-corrected chi connectivity index (χ3v) is 5.46. The van der Waals surface area contributed by atoms with E-state index in [4.69, 9.17) is 0 Å². The topological polar surface area (TPSA) is 139 Å². The summed E-state index contributed by atoms with van der Waals surface area (Å²) in [6.45, 7) is 3.61. The first-order valence-corrected chi connectivity index (χ1v) is 11.0. The number of benzene rings is 2. The number of carbonyl (C=O) groups is 2. The SMILES string of the molecule is O=C(/C=C\c1ccc([N+](=O)[O-])cc1)NCCN1CCN(C(=O)/C=C/c2ccc([N+](=O)[O-])cc2)CC1. The molecule has 2 aromatic rings. The van der Waals surface area contributed by atoms with Crippen LogP contribution >= 0.6 is 0 Å². The third-order valence-electron chi connectivity index (χ3n) is 5.46. The minimum Gasteiger partial charge on any atom is -0.351 e. The Kier molecular flexibility index (Phi) is 8.79. The molecule has 1 N–H and O–H groups in total. The van der Waals surface area contributed by atoms with Crippen molar-refractivity contribution in [2.24, 2.45) is 0 Å². The summed E-state index contributed by atoms with van der Waals surface area (Å²) in [4.78, 5) is 48.7. The minimum absolute atomic E-state index is 0.00120. The number of amides is 2. The number of nitro benzene ring substituents is 2. The van der Waals surface area contributed by atoms with E-state index in [9.17, 15) is 29.8 Å². The lowest BCUT2D eigenvalue weighted by molar-refractivity contribution is -0.385. The maximum atomic E-state index is 12.4. The van der Waals surface area contributed by atoms with Crippen molar-refractivity contribution in [1.29, 1.82) is 0 Å². The molecule has 1 fully saturated rings. The van der Waals surface area contributed by atoms with Gasteiger partial charge in [-0.1, -0.05) is 0 Å². The van der Waals surface area contributed by atoms with Gasteiger partial charge in [-0.15, -0.1) is 0 Å². The molecular formula is C24H25N5O6. The first kappa shape index (κ1) is 25.2. The zero-order valence-electron chi connectivity index (χ0n) is 18.9. The normalized spacial score (nSPS) is 14.3. The molecule has 0 bridgehead atoms. The quantitative estimate of drug-likeness (QED) is 0.331. The van der Waals surface area contributed by atoms with Gasteiger partial charge < -0.3 is 10.2 Å². The lowest BCUT2D eigenvalue weighted by Gasteiger charge is -2.34. The van der Waals surface area contributed by atoms with Gasteiger partial charge in [-0.2, -0.15) is 0 Å². The van der Waals surface area contributed by atoms with E-state index in [-0.39, 0.29) is 23.2 Å². The molecule has 35 heavy (non-hydrogen) atoms. The van der Waals surface area contributed by atoms with Gasteiger partial charge in [0.15, 0.2) is 0 Å². The molecule has 0 spiro atoms. The molecule has 2 aromatic carbocycles. The van der Waals surface area contributed by atoms with Crippen molar-refractivity contribution in [2.45, 2.75) is 0 Å². The van der Waals surface area contributed by atoms with Gasteiger partial charge in [0.2, 0.25) is 11.8 Å². The van der Waals surface area contributed by atoms with Gasteiger partial charge in [0.1, 0.15) is 0 Å². The zero-order valence-corrected chi connectivity index (χ0v) is 18.9. The number of hydrogen-bond donors (Lipinski definition) is 1. The number of piperazine rings is 1. The largest absolute Gasteiger partial charge is 0.351 e. The molecule has 2 amide bonds. The first-order valence-electron chi connectivity index (χ1n) is 11.0. The fourth-order valence-corrected chi connectivity index (χ4v) is 3.45. The molecule has 1 aliphatic rings. The fraction of sp³-hybridized carbons (Fsp3) is 0.250. The molecule has 0 saturated carbocycles. The van der Waals surface area contributed by atoms with Crippen LogP contribution in [0.2, 0.25) is 0 Å². The van der Waals surface area contributed by atoms with Crippen molar-refractivity contribution in [1.82, 2.24) is 15.1 Å². The van der Waals surface area contributed by atoms with E-state index in [0.29, 0.717) is 50.4 Å². The highest BCUT2D eigenvalue weighted by Gasteiger charge is 2.19. The minimum atomic E-state index is -0.478. The highest BCUT2D eigenvalue weighted by atomic mass is 16.6. The maximum Gasteiger partial charge on any atom is 0.269 e. The van der Waals surface area contributed by atoms with Crippen LogP contribution in [-0.2, 0) is 9.59 Å². The van der Waals surface area contributed by atoms with E-state index in [2.05, 4.69) is 10.2 Å². The summed E-state index contributed by atoms with van der Waals surface area (Å²) in [7, 11) is 0. The summed E-state index contributed by atoms with van der Waals surface area (Å²) in [5.74, 6) is -0.374. The monoisotopic (exact) mass is 479 g/mol. The predicted octanol–water partition coefficient (Wildman–Crippen LogP) is 2.49. The Bertz CT molecular complexity index is 1120. The van der Waals surface area contributed by atoms with Crippen LogP contribution in [0.5, 0.6) is 0 Å². The summed E-state index contributed by atoms with van der Waals surface area (Å²) in [5.41, 5.74) is 1.39. The molecule has 0 aromatic heterocycles. The lowest BCUT2D eigenvalue weighted by Crippen LogP contribution is -2.49. The molecule has 11 nitrogen and oxygen atoms in total. The number of hydrogen-bond acceptors (Lipinski definition) is 7. The van der Waals surface area contributed by atoms with Crippen molar-refractivity contribution < 1.29 is 19.4 Å². The van der Waals surface area contributed by atoms with Crippen molar-refractivity contribution >= 4 is 35.3 Å². The first-order chi connectivity index (χ1) is 16.8. The summed E-state index contributed by atoms with van der Waals surface area (Å²) in [6.07, 6.45) is 6.08. The number of non-ortho nitro benzene ring substituents is 2. The third kappa shape index (κ3) is 7.86. The Morgan fingerprint density at radius 3 is 1.77 bits per heavy atom. The number of nitrogens with one attached hydrogen (secondary N) is 1. The summed E-state index contributed by atoms with van der Waals surface area (Å²) >= 11 is 0. The molecule has 3 rings (SSSR count). The van der Waals surface area contributed by atoms with E-state index in [0.717, 1.165) is 0 Å². The van der Waals surface area contributed by atoms with Crippen LogP contribution in [0, 0.1) is 20.2 Å². The van der Waals surface area contributed by atoms with Crippen LogP contribution in [0.25, 0.3) is 12.2 Å². The predicted molar refractivity (Wildman–Crippen MR) is 130 cm³/mol. The maximum absolute atomic E-state index is 12.4. The van der Waals surface area contributed by atoms with Crippen LogP contribution in [0.4, 0.5) is 11.4 Å². The summed E-state index contributed by atoms with van der Waals surface area (Å²) < 4.78 is 0. The highest BCUT2D eigenvalue weighted by Crippen LogP contribution is 2.14. The van der Waals surface area contributed by atoms with E-state index < -0.39 is 9.85 Å². The van der Waals surface area contributed by atoms with E-state index in [1.54, 1.807) is 41.3 Å². The summed E-state index contributed by atoms with van der Waals surface area (Å²) in [5, 5.41) is 24.2. The standard InChI is InChI=1S/C24H25N5O6/c30-23(11-5-19-1-7-21(8-2-19)28(32)33)25-13-14-26-15-17-27(18-16-26)24(31)12-6-20-3-9-22(10-4-20)29(34)35/h1-12H,13-18H2,(H,25,30)/b11-5-,12-6+. The molecule has 1 aliphatic heterocycles. The van der Waals surface area contributed by atoms with E-state index >= 15 is 0 Å². The molecule has 1 heterocycles. The Morgan fingerprint density at radius 1 is 0.800 bits per heavy atom. The second kappa shape index (κ2) is 12.2. The van der Waals surface area contributed by atoms with Crippen LogP contribution < -0.4 is 5.32 Å². The van der Waals surface area contributed by atoms with Gasteiger partial charge in [-0.3, -0.25) is 34.7 Å². The van der Waals surface area contributed by atoms with Crippen molar-refractivity contribution in [3.8, 4) is 0 Å². The van der Waals surface area contributed by atoms with Crippen molar-refractivity contribution in [3.63, 3.8) is 0 Å². The average Bonchev–Trinajstić information content (AvgIpc) is 2.87. The zero-order chi connectivity index (χ0) is 25.2. The second-order valence-corrected chi connectivity index (χ2v) is 7.82. The smallest absolute Gasteiger partial charge is 0.269 e. The summed E-state index contributed by atoms with van der Waals surface area (Å²) in [6, 6.07) is 11.9. The van der Waals surface area contributed by atoms with Crippen LogP contribution in [0.15, 0.2) is 60.7 Å². The Morgan fingerprint density at radius 2 is 1.29 bits per heavy atom. The van der Waals surface area contributed by atoms with Gasteiger partial charge in [-0.25, -0.2) is 0 Å².